The van der Waals surface area contributed by atoms with Gasteiger partial charge in [0, 0.05) is 12.2 Å². The van der Waals surface area contributed by atoms with Crippen LogP contribution in [-0.4, -0.2) is 6.54 Å². The summed E-state index contributed by atoms with van der Waals surface area (Å²) in [7, 11) is 0. The van der Waals surface area contributed by atoms with E-state index in [2.05, 4.69) is 36.9 Å². The van der Waals surface area contributed by atoms with Gasteiger partial charge in [0.05, 0.1) is 0 Å². The molecule has 0 spiro atoms. The predicted molar refractivity (Wildman–Crippen MR) is 52.3 cm³/mol. The molecule has 1 aromatic carbocycles. The minimum atomic E-state index is 1.10. The molecule has 63 valence electrons. The van der Waals surface area contributed by atoms with E-state index in [0.717, 1.165) is 13.0 Å². The molecule has 1 aromatic rings. The topological polar surface area (TPSA) is 12.0 Å². The summed E-state index contributed by atoms with van der Waals surface area (Å²) in [5, 5.41) is 3.38. The van der Waals surface area contributed by atoms with Gasteiger partial charge in [0.25, 0.3) is 0 Å². The van der Waals surface area contributed by atoms with Crippen LogP contribution in [-0.2, 0) is 6.42 Å². The molecule has 1 aliphatic heterocycles. The van der Waals surface area contributed by atoms with Gasteiger partial charge in [-0.05, 0) is 36.5 Å². The smallest absolute Gasteiger partial charge is 0.0376 e. The molecule has 1 heterocycles. The Hall–Kier alpha value is -0.980. The third-order valence-corrected chi connectivity index (χ3v) is 2.33. The van der Waals surface area contributed by atoms with Crippen molar-refractivity contribution in [3.8, 4) is 0 Å². The van der Waals surface area contributed by atoms with Crippen molar-refractivity contribution in [1.29, 1.82) is 0 Å². The van der Waals surface area contributed by atoms with Crippen LogP contribution in [0.4, 0.5) is 5.69 Å². The minimum Gasteiger partial charge on any atom is -0.384 e. The first kappa shape index (κ1) is 7.66. The fourth-order valence-electron chi connectivity index (χ4n) is 1.78. The maximum atomic E-state index is 3.38. The molecule has 0 atom stereocenters. The lowest BCUT2D eigenvalue weighted by Gasteiger charge is -2.05. The Morgan fingerprint density at radius 3 is 3.25 bits per heavy atom. The first-order valence-corrected chi connectivity index (χ1v) is 4.61. The number of anilines is 1. The van der Waals surface area contributed by atoms with E-state index in [0.29, 0.717) is 0 Å². The SMILES string of the molecule is CC[CH]c1cccc2c1CCN2. The number of nitrogens with one attached hydrogen (secondary N) is 1. The van der Waals surface area contributed by atoms with Crippen molar-refractivity contribution in [2.75, 3.05) is 11.9 Å². The summed E-state index contributed by atoms with van der Waals surface area (Å²) in [6.07, 6.45) is 4.60. The van der Waals surface area contributed by atoms with Gasteiger partial charge in [0.1, 0.15) is 0 Å². The molecule has 1 N–H and O–H groups in total. The Morgan fingerprint density at radius 2 is 2.42 bits per heavy atom. The highest BCUT2D eigenvalue weighted by atomic mass is 14.9. The average molecular weight is 160 g/mol. The summed E-state index contributed by atoms with van der Waals surface area (Å²) in [6, 6.07) is 6.49. The van der Waals surface area contributed by atoms with Crippen LogP contribution in [0, 0.1) is 6.42 Å². The number of rotatable bonds is 2. The summed E-state index contributed by atoms with van der Waals surface area (Å²) in [6.45, 7) is 3.28. The first-order valence-electron chi connectivity index (χ1n) is 4.61. The predicted octanol–water partition coefficient (Wildman–Crippen LogP) is 2.62. The quantitative estimate of drug-likeness (QED) is 0.701. The fraction of sp³-hybridized carbons (Fsp3) is 0.364. The first-order chi connectivity index (χ1) is 5.92. The number of fused-ring (bicyclic) bond motifs is 1. The van der Waals surface area contributed by atoms with Crippen molar-refractivity contribution in [3.63, 3.8) is 0 Å². The number of benzene rings is 1. The van der Waals surface area contributed by atoms with Crippen LogP contribution in [0.3, 0.4) is 0 Å². The summed E-state index contributed by atoms with van der Waals surface area (Å²) >= 11 is 0. The second kappa shape index (κ2) is 3.18. The molecule has 0 bridgehead atoms. The van der Waals surface area contributed by atoms with E-state index in [-0.39, 0.29) is 0 Å². The molecule has 1 aliphatic rings. The maximum Gasteiger partial charge on any atom is 0.0376 e. The van der Waals surface area contributed by atoms with Gasteiger partial charge in [0.15, 0.2) is 0 Å². The van der Waals surface area contributed by atoms with Crippen LogP contribution >= 0.6 is 0 Å². The van der Waals surface area contributed by atoms with Crippen LogP contribution < -0.4 is 5.32 Å². The molecule has 12 heavy (non-hydrogen) atoms. The Labute approximate surface area is 73.8 Å². The van der Waals surface area contributed by atoms with Crippen molar-refractivity contribution >= 4 is 5.69 Å². The Kier molecular flexibility index (Phi) is 2.03. The van der Waals surface area contributed by atoms with Gasteiger partial charge < -0.3 is 5.32 Å². The van der Waals surface area contributed by atoms with Crippen LogP contribution in [0.15, 0.2) is 18.2 Å². The van der Waals surface area contributed by atoms with Crippen molar-refractivity contribution in [3.05, 3.63) is 35.7 Å². The van der Waals surface area contributed by atoms with Gasteiger partial charge in [-0.3, -0.25) is 0 Å². The monoisotopic (exact) mass is 160 g/mol. The molecule has 2 rings (SSSR count). The largest absolute Gasteiger partial charge is 0.384 e. The van der Waals surface area contributed by atoms with E-state index in [9.17, 15) is 0 Å². The van der Waals surface area contributed by atoms with E-state index >= 15 is 0 Å². The molecule has 0 aliphatic carbocycles. The zero-order chi connectivity index (χ0) is 8.39. The molecule has 0 amide bonds. The van der Waals surface area contributed by atoms with E-state index in [1.165, 1.54) is 23.2 Å². The minimum absolute atomic E-state index is 1.10. The Bertz CT molecular complexity index is 278. The summed E-state index contributed by atoms with van der Waals surface area (Å²) < 4.78 is 0. The fourth-order valence-corrected chi connectivity index (χ4v) is 1.78. The molecule has 1 heteroatoms. The van der Waals surface area contributed by atoms with E-state index in [4.69, 9.17) is 0 Å². The maximum absolute atomic E-state index is 3.38. The third-order valence-electron chi connectivity index (χ3n) is 2.33. The van der Waals surface area contributed by atoms with Gasteiger partial charge >= 0.3 is 0 Å². The van der Waals surface area contributed by atoms with Crippen molar-refractivity contribution in [2.45, 2.75) is 19.8 Å². The highest BCUT2D eigenvalue weighted by molar-refractivity contribution is 5.59. The van der Waals surface area contributed by atoms with E-state index in [1.54, 1.807) is 0 Å². The number of hydrogen-bond acceptors (Lipinski definition) is 1. The van der Waals surface area contributed by atoms with E-state index < -0.39 is 0 Å². The average Bonchev–Trinajstić information content (AvgIpc) is 2.53. The van der Waals surface area contributed by atoms with Crippen LogP contribution in [0.25, 0.3) is 0 Å². The zero-order valence-corrected chi connectivity index (χ0v) is 7.43. The lowest BCUT2D eigenvalue weighted by Crippen LogP contribution is -1.90. The summed E-state index contributed by atoms with van der Waals surface area (Å²) in [5.74, 6) is 0. The van der Waals surface area contributed by atoms with Crippen LogP contribution in [0.5, 0.6) is 0 Å². The van der Waals surface area contributed by atoms with Gasteiger partial charge in [0.2, 0.25) is 0 Å². The summed E-state index contributed by atoms with van der Waals surface area (Å²) in [4.78, 5) is 0. The summed E-state index contributed by atoms with van der Waals surface area (Å²) in [5.41, 5.74) is 4.25. The highest BCUT2D eigenvalue weighted by Crippen LogP contribution is 2.26. The Morgan fingerprint density at radius 1 is 1.50 bits per heavy atom. The molecule has 0 aromatic heterocycles. The second-order valence-corrected chi connectivity index (χ2v) is 3.16. The van der Waals surface area contributed by atoms with Gasteiger partial charge in [-0.25, -0.2) is 0 Å². The van der Waals surface area contributed by atoms with Crippen molar-refractivity contribution < 1.29 is 0 Å². The van der Waals surface area contributed by atoms with Crippen LogP contribution in [0.2, 0.25) is 0 Å². The molecule has 1 nitrogen and oxygen atoms in total. The van der Waals surface area contributed by atoms with Gasteiger partial charge in [-0.2, -0.15) is 0 Å². The van der Waals surface area contributed by atoms with Crippen molar-refractivity contribution in [1.82, 2.24) is 0 Å². The Balaban J connectivity index is 2.36. The molecule has 0 saturated heterocycles. The third kappa shape index (κ3) is 1.20. The number of hydrogen-bond donors (Lipinski definition) is 1. The van der Waals surface area contributed by atoms with Gasteiger partial charge in [-0.15, -0.1) is 0 Å². The normalized spacial score (nSPS) is 14.1. The molecule has 0 unspecified atom stereocenters. The highest BCUT2D eigenvalue weighted by Gasteiger charge is 2.12. The lowest BCUT2D eigenvalue weighted by atomic mass is 10.0. The molecular formula is C11H14N. The zero-order valence-electron chi connectivity index (χ0n) is 7.43. The standard InChI is InChI=1S/C11H14N/c1-2-4-9-5-3-6-11-10(9)7-8-12-11/h3-6,12H,2,7-8H2,1H3. The molecular weight excluding hydrogens is 146 g/mol. The molecule has 1 radical (unpaired) electrons. The molecule has 0 saturated carbocycles. The van der Waals surface area contributed by atoms with E-state index in [1.807, 2.05) is 0 Å². The van der Waals surface area contributed by atoms with Crippen molar-refractivity contribution in [2.24, 2.45) is 0 Å². The molecule has 0 fully saturated rings. The lowest BCUT2D eigenvalue weighted by molar-refractivity contribution is 1.06. The van der Waals surface area contributed by atoms with Crippen LogP contribution in [0.1, 0.15) is 24.5 Å². The van der Waals surface area contributed by atoms with Gasteiger partial charge in [-0.1, -0.05) is 19.1 Å². The second-order valence-electron chi connectivity index (χ2n) is 3.16.